The molecular formula is C21H30N2O3. The molecule has 0 unspecified atom stereocenters. The van der Waals surface area contributed by atoms with Crippen molar-refractivity contribution >= 4 is 5.71 Å². The summed E-state index contributed by atoms with van der Waals surface area (Å²) >= 11 is 0. The van der Waals surface area contributed by atoms with Gasteiger partial charge in [-0.25, -0.2) is 0 Å². The SMILES string of the molecule is C=CC[C@]1(C)O[C@@H](c2ccccc2)O[C@H](C)/C1=N\N1CCC[C@@H]1COC. The van der Waals surface area contributed by atoms with Crippen molar-refractivity contribution in [3.8, 4) is 0 Å². The summed E-state index contributed by atoms with van der Waals surface area (Å²) in [4.78, 5) is 0. The van der Waals surface area contributed by atoms with Crippen LogP contribution in [0.3, 0.4) is 0 Å². The van der Waals surface area contributed by atoms with Crippen LogP contribution in [0.1, 0.15) is 45.0 Å². The van der Waals surface area contributed by atoms with Crippen molar-refractivity contribution < 1.29 is 14.2 Å². The van der Waals surface area contributed by atoms with Crippen LogP contribution in [-0.2, 0) is 14.2 Å². The molecule has 142 valence electrons. The molecule has 0 saturated carbocycles. The van der Waals surface area contributed by atoms with Crippen LogP contribution in [0.2, 0.25) is 0 Å². The molecule has 5 heteroatoms. The molecule has 2 fully saturated rings. The Morgan fingerprint density at radius 2 is 2.15 bits per heavy atom. The van der Waals surface area contributed by atoms with E-state index in [0.29, 0.717) is 19.1 Å². The molecule has 2 aliphatic rings. The van der Waals surface area contributed by atoms with E-state index < -0.39 is 11.9 Å². The van der Waals surface area contributed by atoms with E-state index in [4.69, 9.17) is 19.3 Å². The van der Waals surface area contributed by atoms with Gasteiger partial charge in [0, 0.05) is 19.2 Å². The van der Waals surface area contributed by atoms with Gasteiger partial charge in [-0.1, -0.05) is 36.4 Å². The number of nitrogens with zero attached hydrogens (tertiary/aromatic N) is 2. The van der Waals surface area contributed by atoms with E-state index in [1.165, 1.54) is 0 Å². The molecule has 2 aliphatic heterocycles. The van der Waals surface area contributed by atoms with Crippen LogP contribution in [0.4, 0.5) is 0 Å². The summed E-state index contributed by atoms with van der Waals surface area (Å²) in [5.41, 5.74) is 1.40. The first kappa shape index (κ1) is 19.1. The Morgan fingerprint density at radius 3 is 2.85 bits per heavy atom. The van der Waals surface area contributed by atoms with Crippen molar-refractivity contribution in [2.45, 2.75) is 57.1 Å². The van der Waals surface area contributed by atoms with Gasteiger partial charge in [0.2, 0.25) is 0 Å². The van der Waals surface area contributed by atoms with Crippen molar-refractivity contribution in [3.05, 3.63) is 48.6 Å². The van der Waals surface area contributed by atoms with Crippen LogP contribution >= 0.6 is 0 Å². The normalized spacial score (nSPS) is 33.6. The number of methoxy groups -OCH3 is 1. The minimum Gasteiger partial charge on any atom is -0.382 e. The third-order valence-corrected chi connectivity index (χ3v) is 5.17. The zero-order valence-corrected chi connectivity index (χ0v) is 16.1. The summed E-state index contributed by atoms with van der Waals surface area (Å²) in [5.74, 6) is 0. The number of hydrogen-bond acceptors (Lipinski definition) is 5. The van der Waals surface area contributed by atoms with Gasteiger partial charge in [0.25, 0.3) is 0 Å². The fourth-order valence-electron chi connectivity index (χ4n) is 3.83. The second-order valence-corrected chi connectivity index (χ2v) is 7.26. The second kappa shape index (κ2) is 8.33. The highest BCUT2D eigenvalue weighted by Gasteiger charge is 2.44. The molecule has 5 nitrogen and oxygen atoms in total. The van der Waals surface area contributed by atoms with Crippen LogP contribution in [0.15, 0.2) is 48.1 Å². The van der Waals surface area contributed by atoms with Gasteiger partial charge in [0.1, 0.15) is 11.7 Å². The summed E-state index contributed by atoms with van der Waals surface area (Å²) in [6.07, 6.45) is 4.28. The number of ether oxygens (including phenoxy) is 3. The molecule has 0 N–H and O–H groups in total. The molecule has 4 atom stereocenters. The van der Waals surface area contributed by atoms with Crippen molar-refractivity contribution in [2.75, 3.05) is 20.3 Å². The maximum atomic E-state index is 6.41. The second-order valence-electron chi connectivity index (χ2n) is 7.26. The third-order valence-electron chi connectivity index (χ3n) is 5.17. The van der Waals surface area contributed by atoms with E-state index in [0.717, 1.165) is 30.7 Å². The van der Waals surface area contributed by atoms with Crippen LogP contribution < -0.4 is 0 Å². The highest BCUT2D eigenvalue weighted by molar-refractivity contribution is 5.96. The quantitative estimate of drug-likeness (QED) is 0.723. The van der Waals surface area contributed by atoms with Crippen molar-refractivity contribution in [1.82, 2.24) is 5.01 Å². The molecule has 0 spiro atoms. The van der Waals surface area contributed by atoms with Gasteiger partial charge in [-0.3, -0.25) is 5.01 Å². The number of rotatable bonds is 6. The lowest BCUT2D eigenvalue weighted by Gasteiger charge is -2.43. The minimum atomic E-state index is -0.542. The molecule has 0 aliphatic carbocycles. The fourth-order valence-corrected chi connectivity index (χ4v) is 3.83. The molecule has 26 heavy (non-hydrogen) atoms. The zero-order valence-electron chi connectivity index (χ0n) is 16.1. The van der Waals surface area contributed by atoms with E-state index in [2.05, 4.69) is 25.4 Å². The smallest absolute Gasteiger partial charge is 0.185 e. The summed E-state index contributed by atoms with van der Waals surface area (Å²) in [7, 11) is 1.74. The molecule has 2 heterocycles. The lowest BCUT2D eigenvalue weighted by molar-refractivity contribution is -0.223. The largest absolute Gasteiger partial charge is 0.382 e. The Labute approximate surface area is 156 Å². The third kappa shape index (κ3) is 4.00. The van der Waals surface area contributed by atoms with Gasteiger partial charge in [-0.05, 0) is 33.1 Å². The van der Waals surface area contributed by atoms with Gasteiger partial charge >= 0.3 is 0 Å². The van der Waals surface area contributed by atoms with Crippen LogP contribution in [-0.4, -0.2) is 48.7 Å². The molecule has 0 bridgehead atoms. The molecule has 0 radical (unpaired) electrons. The van der Waals surface area contributed by atoms with Crippen molar-refractivity contribution in [3.63, 3.8) is 0 Å². The zero-order chi connectivity index (χ0) is 18.6. The van der Waals surface area contributed by atoms with Gasteiger partial charge in [0.05, 0.1) is 18.4 Å². The van der Waals surface area contributed by atoms with E-state index in [-0.39, 0.29) is 6.10 Å². The monoisotopic (exact) mass is 358 g/mol. The molecule has 0 amide bonds. The molecule has 3 rings (SSSR count). The number of benzene rings is 1. The highest BCUT2D eigenvalue weighted by atomic mass is 16.7. The Bertz CT molecular complexity index is 633. The first-order valence-corrected chi connectivity index (χ1v) is 9.41. The van der Waals surface area contributed by atoms with Crippen LogP contribution in [0.5, 0.6) is 0 Å². The molecular weight excluding hydrogens is 328 g/mol. The number of hydrogen-bond donors (Lipinski definition) is 0. The fraction of sp³-hybridized carbons (Fsp3) is 0.571. The molecule has 1 aromatic carbocycles. The lowest BCUT2D eigenvalue weighted by Crippen LogP contribution is -2.52. The van der Waals surface area contributed by atoms with Crippen LogP contribution in [0.25, 0.3) is 0 Å². The summed E-state index contributed by atoms with van der Waals surface area (Å²) < 4.78 is 18.0. The topological polar surface area (TPSA) is 43.3 Å². The molecule has 1 aromatic rings. The summed E-state index contributed by atoms with van der Waals surface area (Å²) in [6.45, 7) is 9.70. The van der Waals surface area contributed by atoms with Crippen LogP contribution in [0, 0.1) is 0 Å². The van der Waals surface area contributed by atoms with Gasteiger partial charge < -0.3 is 14.2 Å². The number of hydrazone groups is 1. The maximum absolute atomic E-state index is 6.41. The predicted octanol–water partition coefficient (Wildman–Crippen LogP) is 3.92. The summed E-state index contributed by atoms with van der Waals surface area (Å²) in [5, 5.41) is 7.13. The Balaban J connectivity index is 1.87. The van der Waals surface area contributed by atoms with E-state index in [1.54, 1.807) is 7.11 Å². The summed E-state index contributed by atoms with van der Waals surface area (Å²) in [6, 6.07) is 10.4. The van der Waals surface area contributed by atoms with Crippen molar-refractivity contribution in [1.29, 1.82) is 0 Å². The highest BCUT2D eigenvalue weighted by Crippen LogP contribution is 2.37. The lowest BCUT2D eigenvalue weighted by atomic mass is 9.90. The minimum absolute atomic E-state index is 0.136. The van der Waals surface area contributed by atoms with E-state index in [9.17, 15) is 0 Å². The standard InChI is InChI=1S/C21H30N2O3/c1-5-13-21(3)19(22-23-14-9-12-18(23)15-24-4)16(2)25-20(26-21)17-10-7-6-8-11-17/h5-8,10-11,16,18,20H,1,9,12-15H2,2-4H3/b22-19+/t16-,18-,20+,21+/m1/s1. The van der Waals surface area contributed by atoms with E-state index in [1.807, 2.05) is 36.4 Å². The Morgan fingerprint density at radius 1 is 1.38 bits per heavy atom. The maximum Gasteiger partial charge on any atom is 0.185 e. The van der Waals surface area contributed by atoms with Gasteiger partial charge in [0.15, 0.2) is 6.29 Å². The van der Waals surface area contributed by atoms with Crippen molar-refractivity contribution in [2.24, 2.45) is 5.10 Å². The Hall–Kier alpha value is -1.69. The molecule has 2 saturated heterocycles. The average Bonchev–Trinajstić information content (AvgIpc) is 3.06. The Kier molecular flexibility index (Phi) is 6.12. The van der Waals surface area contributed by atoms with Gasteiger partial charge in [-0.2, -0.15) is 5.10 Å². The van der Waals surface area contributed by atoms with Gasteiger partial charge in [-0.15, -0.1) is 6.58 Å². The molecule has 0 aromatic heterocycles. The predicted molar refractivity (Wildman–Crippen MR) is 103 cm³/mol. The average molecular weight is 358 g/mol. The first-order chi connectivity index (χ1) is 12.6. The van der Waals surface area contributed by atoms with E-state index >= 15 is 0 Å². The first-order valence-electron chi connectivity index (χ1n) is 9.41.